The van der Waals surface area contributed by atoms with Crippen LogP contribution in [-0.2, 0) is 0 Å². The molecule has 92 valence electrons. The van der Waals surface area contributed by atoms with Crippen molar-refractivity contribution in [1.82, 2.24) is 4.90 Å². The van der Waals surface area contributed by atoms with Gasteiger partial charge in [0.05, 0.1) is 0 Å². The Hall–Kier alpha value is -0.730. The third kappa shape index (κ3) is 3.14. The normalized spacial score (nSPS) is 19.6. The zero-order valence-electron chi connectivity index (χ0n) is 9.53. The van der Waals surface area contributed by atoms with Crippen LogP contribution in [0.3, 0.4) is 0 Å². The SMILES string of the molecule is O=C(c1ccc(Cl)cc1)N1CCC(CCCl)C1. The second-order valence-corrected chi connectivity index (χ2v) is 5.20. The maximum absolute atomic E-state index is 12.2. The number of hydrogen-bond donors (Lipinski definition) is 0. The van der Waals surface area contributed by atoms with Gasteiger partial charge in [-0.15, -0.1) is 11.6 Å². The summed E-state index contributed by atoms with van der Waals surface area (Å²) in [5, 5.41) is 0.656. The molecule has 4 heteroatoms. The molecule has 0 saturated carbocycles. The van der Waals surface area contributed by atoms with Crippen LogP contribution in [0.2, 0.25) is 5.02 Å². The van der Waals surface area contributed by atoms with Crippen molar-refractivity contribution in [3.8, 4) is 0 Å². The average molecular weight is 272 g/mol. The Morgan fingerprint density at radius 3 is 2.71 bits per heavy atom. The third-order valence-electron chi connectivity index (χ3n) is 3.18. The van der Waals surface area contributed by atoms with Gasteiger partial charge in [0.25, 0.3) is 5.91 Å². The van der Waals surface area contributed by atoms with Crippen LogP contribution in [0.5, 0.6) is 0 Å². The van der Waals surface area contributed by atoms with Crippen LogP contribution in [0.4, 0.5) is 0 Å². The van der Waals surface area contributed by atoms with Crippen LogP contribution in [0.15, 0.2) is 24.3 Å². The van der Waals surface area contributed by atoms with Crippen molar-refractivity contribution in [2.75, 3.05) is 19.0 Å². The number of amides is 1. The maximum atomic E-state index is 12.2. The molecule has 1 aromatic rings. The first-order valence-electron chi connectivity index (χ1n) is 5.81. The quantitative estimate of drug-likeness (QED) is 0.772. The molecule has 0 aromatic heterocycles. The molecular formula is C13H15Cl2NO. The fraction of sp³-hybridized carbons (Fsp3) is 0.462. The first-order chi connectivity index (χ1) is 8.20. The molecule has 1 aliphatic rings. The average Bonchev–Trinajstić information content (AvgIpc) is 2.78. The molecule has 1 amide bonds. The molecule has 2 nitrogen and oxygen atoms in total. The molecule has 1 aliphatic heterocycles. The van der Waals surface area contributed by atoms with Gasteiger partial charge in [-0.1, -0.05) is 11.6 Å². The molecule has 0 N–H and O–H groups in total. The van der Waals surface area contributed by atoms with Gasteiger partial charge in [0.15, 0.2) is 0 Å². The number of likely N-dealkylation sites (tertiary alicyclic amines) is 1. The lowest BCUT2D eigenvalue weighted by molar-refractivity contribution is 0.0787. The number of rotatable bonds is 3. The van der Waals surface area contributed by atoms with Gasteiger partial charge in [-0.25, -0.2) is 0 Å². The first kappa shape index (κ1) is 12.7. The number of carbonyl (C=O) groups excluding carboxylic acids is 1. The fourth-order valence-electron chi connectivity index (χ4n) is 2.18. The third-order valence-corrected chi connectivity index (χ3v) is 3.65. The molecule has 0 radical (unpaired) electrons. The van der Waals surface area contributed by atoms with E-state index in [9.17, 15) is 4.79 Å². The molecule has 0 spiro atoms. The molecule has 1 heterocycles. The largest absolute Gasteiger partial charge is 0.338 e. The summed E-state index contributed by atoms with van der Waals surface area (Å²) in [5.41, 5.74) is 0.709. The Morgan fingerprint density at radius 1 is 1.35 bits per heavy atom. The van der Waals surface area contributed by atoms with Crippen molar-refractivity contribution in [3.63, 3.8) is 0 Å². The highest BCUT2D eigenvalue weighted by Gasteiger charge is 2.26. The van der Waals surface area contributed by atoms with Crippen LogP contribution in [-0.4, -0.2) is 29.8 Å². The Balaban J connectivity index is 1.99. The standard InChI is InChI=1S/C13H15Cl2NO/c14-7-5-10-6-8-16(9-10)13(17)11-1-3-12(15)4-2-11/h1-4,10H,5-9H2. The Morgan fingerprint density at radius 2 is 2.06 bits per heavy atom. The molecule has 1 fully saturated rings. The van der Waals surface area contributed by atoms with Gasteiger partial charge in [-0.3, -0.25) is 4.79 Å². The molecule has 1 unspecified atom stereocenters. The highest BCUT2D eigenvalue weighted by atomic mass is 35.5. The van der Waals surface area contributed by atoms with E-state index in [1.165, 1.54) is 0 Å². The van der Waals surface area contributed by atoms with Gasteiger partial charge in [0.2, 0.25) is 0 Å². The summed E-state index contributed by atoms with van der Waals surface area (Å²) < 4.78 is 0. The van der Waals surface area contributed by atoms with E-state index < -0.39 is 0 Å². The zero-order chi connectivity index (χ0) is 12.3. The van der Waals surface area contributed by atoms with E-state index in [-0.39, 0.29) is 5.91 Å². The highest BCUT2D eigenvalue weighted by Crippen LogP contribution is 2.22. The van der Waals surface area contributed by atoms with Crippen LogP contribution >= 0.6 is 23.2 Å². The number of halogens is 2. The van der Waals surface area contributed by atoms with E-state index in [0.29, 0.717) is 22.4 Å². The van der Waals surface area contributed by atoms with E-state index in [2.05, 4.69) is 0 Å². The molecule has 1 aromatic carbocycles. The van der Waals surface area contributed by atoms with Gasteiger partial charge >= 0.3 is 0 Å². The monoisotopic (exact) mass is 271 g/mol. The summed E-state index contributed by atoms with van der Waals surface area (Å²) >= 11 is 11.5. The lowest BCUT2D eigenvalue weighted by Gasteiger charge is -2.16. The van der Waals surface area contributed by atoms with Gasteiger partial charge in [-0.2, -0.15) is 0 Å². The number of nitrogens with zero attached hydrogens (tertiary/aromatic N) is 1. The molecule has 0 aliphatic carbocycles. The van der Waals surface area contributed by atoms with E-state index >= 15 is 0 Å². The predicted octanol–water partition coefficient (Wildman–Crippen LogP) is 3.43. The first-order valence-corrected chi connectivity index (χ1v) is 6.73. The predicted molar refractivity (Wildman–Crippen MR) is 70.8 cm³/mol. The topological polar surface area (TPSA) is 20.3 Å². The van der Waals surface area contributed by atoms with Crippen molar-refractivity contribution in [1.29, 1.82) is 0 Å². The fourth-order valence-corrected chi connectivity index (χ4v) is 2.62. The van der Waals surface area contributed by atoms with E-state index in [1.54, 1.807) is 24.3 Å². The maximum Gasteiger partial charge on any atom is 0.253 e. The second kappa shape index (κ2) is 5.74. The number of benzene rings is 1. The van der Waals surface area contributed by atoms with E-state index in [0.717, 1.165) is 25.9 Å². The molecule has 1 saturated heterocycles. The summed E-state index contributed by atoms with van der Waals surface area (Å²) in [6, 6.07) is 7.06. The lowest BCUT2D eigenvalue weighted by atomic mass is 10.1. The van der Waals surface area contributed by atoms with Crippen molar-refractivity contribution < 1.29 is 4.79 Å². The van der Waals surface area contributed by atoms with Crippen molar-refractivity contribution in [2.24, 2.45) is 5.92 Å². The Bertz CT molecular complexity index is 391. The van der Waals surface area contributed by atoms with Gasteiger partial charge in [0, 0.05) is 29.6 Å². The highest BCUT2D eigenvalue weighted by molar-refractivity contribution is 6.30. The van der Waals surface area contributed by atoms with Crippen molar-refractivity contribution >= 4 is 29.1 Å². The van der Waals surface area contributed by atoms with Crippen LogP contribution in [0.25, 0.3) is 0 Å². The van der Waals surface area contributed by atoms with Gasteiger partial charge in [-0.05, 0) is 43.0 Å². The summed E-state index contributed by atoms with van der Waals surface area (Å²) in [4.78, 5) is 14.1. The number of hydrogen-bond acceptors (Lipinski definition) is 1. The number of alkyl halides is 1. The summed E-state index contributed by atoms with van der Waals surface area (Å²) in [5.74, 6) is 1.33. The smallest absolute Gasteiger partial charge is 0.253 e. The van der Waals surface area contributed by atoms with Crippen molar-refractivity contribution in [2.45, 2.75) is 12.8 Å². The minimum absolute atomic E-state index is 0.0961. The second-order valence-electron chi connectivity index (χ2n) is 4.39. The van der Waals surface area contributed by atoms with Crippen LogP contribution < -0.4 is 0 Å². The Kier molecular flexibility index (Phi) is 4.30. The summed E-state index contributed by atoms with van der Waals surface area (Å²) in [6.07, 6.45) is 2.05. The van der Waals surface area contributed by atoms with E-state index in [1.807, 2.05) is 4.90 Å². The van der Waals surface area contributed by atoms with Crippen LogP contribution in [0, 0.1) is 5.92 Å². The minimum Gasteiger partial charge on any atom is -0.338 e. The molecule has 0 bridgehead atoms. The molecule has 17 heavy (non-hydrogen) atoms. The summed E-state index contributed by atoms with van der Waals surface area (Å²) in [6.45, 7) is 1.66. The van der Waals surface area contributed by atoms with Gasteiger partial charge in [0.1, 0.15) is 0 Å². The van der Waals surface area contributed by atoms with E-state index in [4.69, 9.17) is 23.2 Å². The Labute approximate surface area is 112 Å². The molecule has 2 rings (SSSR count). The van der Waals surface area contributed by atoms with Gasteiger partial charge < -0.3 is 4.90 Å². The zero-order valence-corrected chi connectivity index (χ0v) is 11.0. The van der Waals surface area contributed by atoms with Crippen LogP contribution in [0.1, 0.15) is 23.2 Å². The van der Waals surface area contributed by atoms with Crippen molar-refractivity contribution in [3.05, 3.63) is 34.9 Å². The summed E-state index contributed by atoms with van der Waals surface area (Å²) in [7, 11) is 0. The number of carbonyl (C=O) groups is 1. The molecule has 1 atom stereocenters. The lowest BCUT2D eigenvalue weighted by Crippen LogP contribution is -2.28. The molecular weight excluding hydrogens is 257 g/mol. The minimum atomic E-state index is 0.0961.